The number of benzene rings is 8. The molecular formula is C61H56IrN4O-2. The predicted molar refractivity (Wildman–Crippen MR) is 277 cm³/mol. The van der Waals surface area contributed by atoms with Gasteiger partial charge in [0, 0.05) is 41.0 Å². The zero-order valence-corrected chi connectivity index (χ0v) is 41.7. The van der Waals surface area contributed by atoms with E-state index in [0.29, 0.717) is 45.8 Å². The Morgan fingerprint density at radius 1 is 0.507 bits per heavy atom. The van der Waals surface area contributed by atoms with Gasteiger partial charge < -0.3 is 13.6 Å². The standard InChI is InChI=1S/C36H31N2O.C25H25N2.Ir/c1-21(2)25-13-9-14-26(22(3)4)34(25)38-32-18-7-6-17-31(32)37-36(38)28-16-10-15-27-30-19-24-12-8-11-23(5)29(24)20-33(30)39-35(27)28;1-17(2)20-13-10-14-21(18(3)4)24(20)27-23-16-9-8-15-22(23)26-25(27)19-11-6-5-7-12-19;/h6-15,17-22H,1-5H3;5-11,13-18H,1-4H3;/q2*-1;/i5D3;;. The SMILES string of the molecule is CC(C)c1cccc(C(C)C)c1-n1c(-c2[c-]cccc2)nc2ccccc21.[2H]C([2H])([2H])c1cccc2cc3c(cc12)oc1c(-c2nc4ccccc4n2-c2c(C(C)C)cccc2C(C)C)[c-]ccc13.[Ir]. The number of rotatable bonds is 8. The molecule has 0 saturated heterocycles. The van der Waals surface area contributed by atoms with Crippen LogP contribution < -0.4 is 0 Å². The first-order valence-electron chi connectivity index (χ1n) is 24.7. The van der Waals surface area contributed by atoms with E-state index in [2.05, 4.69) is 156 Å². The Morgan fingerprint density at radius 2 is 1.04 bits per heavy atom. The largest absolute Gasteiger partial charge is 0.501 e. The van der Waals surface area contributed by atoms with E-state index in [9.17, 15) is 0 Å². The van der Waals surface area contributed by atoms with Crippen molar-refractivity contribution in [3.05, 3.63) is 192 Å². The molecule has 8 aromatic carbocycles. The van der Waals surface area contributed by atoms with Crippen molar-refractivity contribution < 1.29 is 28.6 Å². The number of hydrogen-bond donors (Lipinski definition) is 0. The van der Waals surface area contributed by atoms with Crippen LogP contribution in [0.15, 0.2) is 156 Å². The molecule has 0 bridgehead atoms. The molecule has 0 spiro atoms. The smallest absolute Gasteiger partial charge is 0.121 e. The number of nitrogens with zero attached hydrogens (tertiary/aromatic N) is 4. The molecule has 0 amide bonds. The third kappa shape index (κ3) is 8.11. The first kappa shape index (κ1) is 41.8. The molecule has 5 nitrogen and oxygen atoms in total. The predicted octanol–water partition coefficient (Wildman–Crippen LogP) is 16.8. The van der Waals surface area contributed by atoms with E-state index < -0.39 is 6.85 Å². The van der Waals surface area contributed by atoms with E-state index in [1.54, 1.807) is 12.1 Å². The molecule has 6 heteroatoms. The van der Waals surface area contributed by atoms with Crippen molar-refractivity contribution in [3.63, 3.8) is 0 Å². The average molecular weight is 1060 g/mol. The van der Waals surface area contributed by atoms with Gasteiger partial charge in [-0.05, 0) is 106 Å². The van der Waals surface area contributed by atoms with Crippen molar-refractivity contribution in [2.24, 2.45) is 0 Å². The van der Waals surface area contributed by atoms with Crippen LogP contribution in [0.1, 0.15) is 111 Å². The van der Waals surface area contributed by atoms with E-state index in [1.165, 1.54) is 27.9 Å². The maximum Gasteiger partial charge on any atom is 0.121 e. The summed E-state index contributed by atoms with van der Waals surface area (Å²) in [4.78, 5) is 10.2. The number of hydrogen-bond acceptors (Lipinski definition) is 3. The Bertz CT molecular complexity index is 3640. The fourth-order valence-electron chi connectivity index (χ4n) is 9.60. The molecule has 0 aliphatic heterocycles. The number of furan rings is 1. The summed E-state index contributed by atoms with van der Waals surface area (Å²) in [5.74, 6) is 3.17. The summed E-state index contributed by atoms with van der Waals surface area (Å²) < 4.78 is 35.4. The first-order chi connectivity index (χ1) is 33.2. The van der Waals surface area contributed by atoms with Crippen molar-refractivity contribution in [3.8, 4) is 34.2 Å². The summed E-state index contributed by atoms with van der Waals surface area (Å²) in [7, 11) is 0. The monoisotopic (exact) mass is 1060 g/mol. The molecule has 0 atom stereocenters. The van der Waals surface area contributed by atoms with Gasteiger partial charge in [-0.15, -0.1) is 54.1 Å². The number of para-hydroxylation sites is 6. The third-order valence-corrected chi connectivity index (χ3v) is 12.9. The van der Waals surface area contributed by atoms with Crippen LogP contribution in [0, 0.1) is 19.0 Å². The van der Waals surface area contributed by atoms with Crippen LogP contribution in [-0.2, 0) is 20.1 Å². The second-order valence-corrected chi connectivity index (χ2v) is 18.6. The fourth-order valence-corrected chi connectivity index (χ4v) is 9.60. The Labute approximate surface area is 412 Å². The quantitative estimate of drug-likeness (QED) is 0.143. The molecule has 0 aliphatic rings. The molecule has 0 unspecified atom stereocenters. The average Bonchev–Trinajstić information content (AvgIpc) is 4.04. The Morgan fingerprint density at radius 3 is 1.60 bits per heavy atom. The Kier molecular flexibility index (Phi) is 11.6. The van der Waals surface area contributed by atoms with Crippen LogP contribution in [0.2, 0.25) is 0 Å². The second kappa shape index (κ2) is 18.6. The first-order valence-corrected chi connectivity index (χ1v) is 23.2. The van der Waals surface area contributed by atoms with E-state index in [-0.39, 0.29) is 20.1 Å². The van der Waals surface area contributed by atoms with Crippen LogP contribution in [0.3, 0.4) is 0 Å². The van der Waals surface area contributed by atoms with E-state index in [1.807, 2.05) is 60.7 Å². The molecule has 337 valence electrons. The molecule has 67 heavy (non-hydrogen) atoms. The van der Waals surface area contributed by atoms with Gasteiger partial charge in [0.15, 0.2) is 0 Å². The summed E-state index contributed by atoms with van der Waals surface area (Å²) in [6, 6.07) is 58.1. The van der Waals surface area contributed by atoms with Gasteiger partial charge in [0.25, 0.3) is 0 Å². The van der Waals surface area contributed by atoms with Crippen molar-refractivity contribution >= 4 is 54.8 Å². The van der Waals surface area contributed by atoms with Crippen molar-refractivity contribution in [2.75, 3.05) is 0 Å². The summed E-state index contributed by atoms with van der Waals surface area (Å²) in [6.07, 6.45) is 0. The minimum atomic E-state index is -2.22. The van der Waals surface area contributed by atoms with Crippen molar-refractivity contribution in [2.45, 2.75) is 85.9 Å². The molecule has 3 aromatic heterocycles. The number of fused-ring (bicyclic) bond motifs is 6. The van der Waals surface area contributed by atoms with Gasteiger partial charge in [0.05, 0.1) is 39.3 Å². The molecule has 0 saturated carbocycles. The van der Waals surface area contributed by atoms with E-state index >= 15 is 0 Å². The van der Waals surface area contributed by atoms with Crippen LogP contribution in [0.4, 0.5) is 0 Å². The van der Waals surface area contributed by atoms with Crippen molar-refractivity contribution in [1.29, 1.82) is 0 Å². The van der Waals surface area contributed by atoms with Crippen LogP contribution in [0.25, 0.3) is 88.9 Å². The fraction of sp³-hybridized carbons (Fsp3) is 0.213. The second-order valence-electron chi connectivity index (χ2n) is 18.6. The molecule has 0 fully saturated rings. The molecule has 1 radical (unpaired) electrons. The van der Waals surface area contributed by atoms with Crippen LogP contribution in [-0.4, -0.2) is 19.1 Å². The third-order valence-electron chi connectivity index (χ3n) is 12.9. The van der Waals surface area contributed by atoms with Gasteiger partial charge in [0.2, 0.25) is 0 Å². The van der Waals surface area contributed by atoms with Gasteiger partial charge in [-0.2, -0.15) is 0 Å². The summed E-state index contributed by atoms with van der Waals surface area (Å²) >= 11 is 0. The maximum atomic E-state index is 8.06. The van der Waals surface area contributed by atoms with Crippen molar-refractivity contribution in [1.82, 2.24) is 19.1 Å². The van der Waals surface area contributed by atoms with Gasteiger partial charge in [-0.25, -0.2) is 0 Å². The zero-order chi connectivity index (χ0) is 48.3. The normalized spacial score (nSPS) is 12.6. The number of aryl methyl sites for hydroxylation is 1. The summed E-state index contributed by atoms with van der Waals surface area (Å²) in [5.41, 5.74) is 15.1. The van der Waals surface area contributed by atoms with Crippen LogP contribution in [0.5, 0.6) is 0 Å². The van der Waals surface area contributed by atoms with Gasteiger partial charge in [0.1, 0.15) is 5.58 Å². The molecule has 0 N–H and O–H groups in total. The van der Waals surface area contributed by atoms with Crippen LogP contribution >= 0.6 is 0 Å². The Balaban J connectivity index is 0.000000188. The molecule has 11 aromatic rings. The summed E-state index contributed by atoms with van der Waals surface area (Å²) in [5, 5.41) is 3.42. The van der Waals surface area contributed by atoms with Gasteiger partial charge in [-0.1, -0.05) is 145 Å². The van der Waals surface area contributed by atoms with E-state index in [0.717, 1.165) is 66.7 Å². The molecule has 0 aliphatic carbocycles. The van der Waals surface area contributed by atoms with Gasteiger partial charge >= 0.3 is 0 Å². The number of imidazole rings is 2. The van der Waals surface area contributed by atoms with E-state index in [4.69, 9.17) is 18.5 Å². The minimum Gasteiger partial charge on any atom is -0.501 e. The molecular weight excluding hydrogens is 997 g/mol. The van der Waals surface area contributed by atoms with Gasteiger partial charge in [-0.3, -0.25) is 9.97 Å². The molecule has 11 rings (SSSR count). The topological polar surface area (TPSA) is 48.8 Å². The molecule has 3 heterocycles. The zero-order valence-electron chi connectivity index (χ0n) is 42.3. The Hall–Kier alpha value is -6.59. The summed E-state index contributed by atoms with van der Waals surface area (Å²) in [6.45, 7) is 15.7. The maximum absolute atomic E-state index is 8.06. The minimum absolute atomic E-state index is 0. The number of aromatic nitrogens is 4.